The molecule has 0 saturated carbocycles. The van der Waals surface area contributed by atoms with Crippen molar-refractivity contribution in [3.05, 3.63) is 36.0 Å². The summed E-state index contributed by atoms with van der Waals surface area (Å²) in [5, 5.41) is 3.25. The fourth-order valence-electron chi connectivity index (χ4n) is 1.41. The van der Waals surface area contributed by atoms with Crippen LogP contribution >= 0.6 is 0 Å². The second-order valence-electron chi connectivity index (χ2n) is 3.38. The number of hydrogen-bond donors (Lipinski definition) is 2. The number of methoxy groups -OCH3 is 1. The molecule has 5 nitrogen and oxygen atoms in total. The molecule has 0 radical (unpaired) electrons. The number of nitrogens with one attached hydrogen (secondary N) is 2. The number of aromatic amines is 1. The lowest BCUT2D eigenvalue weighted by Gasteiger charge is -2.08. The van der Waals surface area contributed by atoms with E-state index < -0.39 is 0 Å². The molecule has 2 aromatic heterocycles. The van der Waals surface area contributed by atoms with Crippen LogP contribution in [-0.2, 0) is 6.54 Å². The van der Waals surface area contributed by atoms with E-state index in [1.807, 2.05) is 19.1 Å². The van der Waals surface area contributed by atoms with Crippen LogP contribution in [0.4, 0.5) is 5.69 Å². The fraction of sp³-hybridized carbons (Fsp3) is 0.273. The van der Waals surface area contributed by atoms with Crippen molar-refractivity contribution in [1.29, 1.82) is 0 Å². The molecule has 0 atom stereocenters. The molecule has 84 valence electrons. The molecule has 0 aromatic carbocycles. The van der Waals surface area contributed by atoms with Gasteiger partial charge < -0.3 is 15.0 Å². The SMILES string of the molecule is COc1ccc(NCc2ncc[nH]2)c(C)n1. The summed E-state index contributed by atoms with van der Waals surface area (Å²) in [6, 6.07) is 3.78. The van der Waals surface area contributed by atoms with E-state index in [1.54, 1.807) is 19.5 Å². The van der Waals surface area contributed by atoms with E-state index >= 15 is 0 Å². The van der Waals surface area contributed by atoms with E-state index in [1.165, 1.54) is 0 Å². The highest BCUT2D eigenvalue weighted by Crippen LogP contribution is 2.17. The van der Waals surface area contributed by atoms with Gasteiger partial charge in [0.1, 0.15) is 5.82 Å². The number of hydrogen-bond acceptors (Lipinski definition) is 4. The standard InChI is InChI=1S/C11H14N4O/c1-8-9(3-4-11(15-8)16-2)14-7-10-12-5-6-13-10/h3-6,14H,7H2,1-2H3,(H,12,13). The monoisotopic (exact) mass is 218 g/mol. The van der Waals surface area contributed by atoms with Gasteiger partial charge in [0.05, 0.1) is 25.0 Å². The summed E-state index contributed by atoms with van der Waals surface area (Å²) in [6.07, 6.45) is 3.53. The zero-order valence-electron chi connectivity index (χ0n) is 9.32. The third kappa shape index (κ3) is 2.31. The first kappa shape index (κ1) is 10.5. The Hall–Kier alpha value is -2.04. The Morgan fingerprint density at radius 2 is 2.31 bits per heavy atom. The lowest BCUT2D eigenvalue weighted by atomic mass is 10.3. The van der Waals surface area contributed by atoms with Crippen LogP contribution in [-0.4, -0.2) is 22.1 Å². The number of H-pyrrole nitrogens is 1. The van der Waals surface area contributed by atoms with Crippen molar-refractivity contribution in [3.63, 3.8) is 0 Å². The fourth-order valence-corrected chi connectivity index (χ4v) is 1.41. The van der Waals surface area contributed by atoms with Crippen LogP contribution in [0.3, 0.4) is 0 Å². The molecule has 0 unspecified atom stereocenters. The van der Waals surface area contributed by atoms with Gasteiger partial charge in [-0.25, -0.2) is 9.97 Å². The smallest absolute Gasteiger partial charge is 0.213 e. The predicted octanol–water partition coefficient (Wildman–Crippen LogP) is 1.73. The molecule has 2 aromatic rings. The number of rotatable bonds is 4. The molecular formula is C11H14N4O. The Kier molecular flexibility index (Phi) is 3.05. The topological polar surface area (TPSA) is 62.8 Å². The lowest BCUT2D eigenvalue weighted by molar-refractivity contribution is 0.397. The molecule has 16 heavy (non-hydrogen) atoms. The van der Waals surface area contributed by atoms with E-state index in [0.29, 0.717) is 12.4 Å². The third-order valence-electron chi connectivity index (χ3n) is 2.27. The Balaban J connectivity index is 2.04. The first-order chi connectivity index (χ1) is 7.79. The average molecular weight is 218 g/mol. The summed E-state index contributed by atoms with van der Waals surface area (Å²) in [5.41, 5.74) is 1.89. The van der Waals surface area contributed by atoms with Gasteiger partial charge in [-0.3, -0.25) is 0 Å². The molecule has 2 N–H and O–H groups in total. The molecule has 5 heteroatoms. The van der Waals surface area contributed by atoms with Gasteiger partial charge in [-0.15, -0.1) is 0 Å². The van der Waals surface area contributed by atoms with Gasteiger partial charge in [0, 0.05) is 18.5 Å². The van der Waals surface area contributed by atoms with Crippen LogP contribution in [0.2, 0.25) is 0 Å². The minimum atomic E-state index is 0.626. The molecule has 0 amide bonds. The van der Waals surface area contributed by atoms with Gasteiger partial charge >= 0.3 is 0 Å². The molecule has 0 spiro atoms. The number of aromatic nitrogens is 3. The van der Waals surface area contributed by atoms with Crippen molar-refractivity contribution < 1.29 is 4.74 Å². The largest absolute Gasteiger partial charge is 0.481 e. The summed E-state index contributed by atoms with van der Waals surface area (Å²) in [7, 11) is 1.61. The summed E-state index contributed by atoms with van der Waals surface area (Å²) >= 11 is 0. The number of nitrogens with zero attached hydrogens (tertiary/aromatic N) is 2. The van der Waals surface area contributed by atoms with Crippen molar-refractivity contribution >= 4 is 5.69 Å². The number of pyridine rings is 1. The van der Waals surface area contributed by atoms with Crippen molar-refractivity contribution in [2.24, 2.45) is 0 Å². The van der Waals surface area contributed by atoms with Crippen LogP contribution in [0.1, 0.15) is 11.5 Å². The quantitative estimate of drug-likeness (QED) is 0.820. The Morgan fingerprint density at radius 1 is 1.44 bits per heavy atom. The maximum absolute atomic E-state index is 5.04. The zero-order chi connectivity index (χ0) is 11.4. The lowest BCUT2D eigenvalue weighted by Crippen LogP contribution is -2.03. The highest BCUT2D eigenvalue weighted by molar-refractivity contribution is 5.48. The molecular weight excluding hydrogens is 204 g/mol. The molecule has 0 aliphatic heterocycles. The van der Waals surface area contributed by atoms with Gasteiger partial charge in [-0.2, -0.15) is 0 Å². The maximum Gasteiger partial charge on any atom is 0.213 e. The summed E-state index contributed by atoms with van der Waals surface area (Å²) < 4.78 is 5.04. The minimum Gasteiger partial charge on any atom is -0.481 e. The first-order valence-electron chi connectivity index (χ1n) is 5.03. The number of aryl methyl sites for hydroxylation is 1. The predicted molar refractivity (Wildman–Crippen MR) is 61.4 cm³/mol. The number of imidazole rings is 1. The van der Waals surface area contributed by atoms with Crippen LogP contribution in [0, 0.1) is 6.92 Å². The van der Waals surface area contributed by atoms with Crippen molar-refractivity contribution in [3.8, 4) is 5.88 Å². The molecule has 2 heterocycles. The Morgan fingerprint density at radius 3 is 2.94 bits per heavy atom. The summed E-state index contributed by atoms with van der Waals surface area (Å²) in [5.74, 6) is 1.52. The van der Waals surface area contributed by atoms with Gasteiger partial charge in [0.15, 0.2) is 0 Å². The number of anilines is 1. The van der Waals surface area contributed by atoms with E-state index in [2.05, 4.69) is 20.3 Å². The van der Waals surface area contributed by atoms with Crippen LogP contribution in [0.15, 0.2) is 24.5 Å². The van der Waals surface area contributed by atoms with E-state index in [9.17, 15) is 0 Å². The molecule has 0 saturated heterocycles. The van der Waals surface area contributed by atoms with Crippen molar-refractivity contribution in [2.75, 3.05) is 12.4 Å². The van der Waals surface area contributed by atoms with E-state index in [0.717, 1.165) is 17.2 Å². The van der Waals surface area contributed by atoms with Gasteiger partial charge in [-0.05, 0) is 13.0 Å². The first-order valence-corrected chi connectivity index (χ1v) is 5.03. The third-order valence-corrected chi connectivity index (χ3v) is 2.27. The highest BCUT2D eigenvalue weighted by Gasteiger charge is 2.02. The maximum atomic E-state index is 5.04. The minimum absolute atomic E-state index is 0.626. The normalized spacial score (nSPS) is 10.1. The van der Waals surface area contributed by atoms with Crippen LogP contribution < -0.4 is 10.1 Å². The molecule has 0 bridgehead atoms. The molecule has 0 aliphatic carbocycles. The average Bonchev–Trinajstić information content (AvgIpc) is 2.80. The number of ether oxygens (including phenoxy) is 1. The highest BCUT2D eigenvalue weighted by atomic mass is 16.5. The summed E-state index contributed by atoms with van der Waals surface area (Å²) in [6.45, 7) is 2.59. The van der Waals surface area contributed by atoms with Crippen molar-refractivity contribution in [1.82, 2.24) is 15.0 Å². The Bertz CT molecular complexity index is 453. The van der Waals surface area contributed by atoms with E-state index in [4.69, 9.17) is 4.74 Å². The Labute approximate surface area is 93.9 Å². The zero-order valence-corrected chi connectivity index (χ0v) is 9.32. The molecule has 0 fully saturated rings. The van der Waals surface area contributed by atoms with Crippen LogP contribution in [0.5, 0.6) is 5.88 Å². The van der Waals surface area contributed by atoms with Gasteiger partial charge in [-0.1, -0.05) is 0 Å². The molecule has 2 rings (SSSR count). The summed E-state index contributed by atoms with van der Waals surface area (Å²) in [4.78, 5) is 11.4. The van der Waals surface area contributed by atoms with Crippen LogP contribution in [0.25, 0.3) is 0 Å². The second-order valence-corrected chi connectivity index (χ2v) is 3.38. The van der Waals surface area contributed by atoms with Crippen molar-refractivity contribution in [2.45, 2.75) is 13.5 Å². The van der Waals surface area contributed by atoms with Gasteiger partial charge in [0.2, 0.25) is 5.88 Å². The van der Waals surface area contributed by atoms with E-state index in [-0.39, 0.29) is 0 Å². The second kappa shape index (κ2) is 4.65. The molecule has 0 aliphatic rings. The van der Waals surface area contributed by atoms with Gasteiger partial charge in [0.25, 0.3) is 0 Å².